The van der Waals surface area contributed by atoms with E-state index in [1.807, 2.05) is 36.4 Å². The quantitative estimate of drug-likeness (QED) is 0.309. The lowest BCUT2D eigenvalue weighted by Gasteiger charge is -2.34. The molecule has 3 nitrogen and oxygen atoms in total. The van der Waals surface area contributed by atoms with E-state index in [4.69, 9.17) is 0 Å². The molecule has 0 aromatic heterocycles. The number of nitrogens with zero attached hydrogens (tertiary/aromatic N) is 2. The second-order valence-corrected chi connectivity index (χ2v) is 10.6. The topological polar surface area (TPSA) is 23.6 Å². The van der Waals surface area contributed by atoms with Crippen molar-refractivity contribution in [3.05, 3.63) is 120 Å². The van der Waals surface area contributed by atoms with Crippen LogP contribution in [0.1, 0.15) is 46.2 Å². The molecule has 0 N–H and O–H groups in total. The standard InChI is InChI=1S/C33H33FN2O/c34-29-15-13-24(14-16-29)25-17-19-35(20-18-25)21-28-22-36(23-32(28)27-7-2-1-3-8-27)33(37)31-12-6-10-26-9-4-5-11-30(26)31/h1-16,25,28,32H,17-23H2/t28-,32+/m1/s1. The van der Waals surface area contributed by atoms with E-state index in [0.717, 1.165) is 61.9 Å². The highest BCUT2D eigenvalue weighted by Crippen LogP contribution is 2.36. The van der Waals surface area contributed by atoms with Crippen molar-refractivity contribution in [3.8, 4) is 0 Å². The van der Waals surface area contributed by atoms with Crippen LogP contribution in [0.15, 0.2) is 97.1 Å². The number of fused-ring (bicyclic) bond motifs is 1. The molecular formula is C33H33FN2O. The lowest BCUT2D eigenvalue weighted by atomic mass is 9.86. The van der Waals surface area contributed by atoms with Crippen molar-refractivity contribution >= 4 is 16.7 Å². The zero-order valence-corrected chi connectivity index (χ0v) is 21.1. The number of halogens is 1. The Morgan fingerprint density at radius 1 is 0.757 bits per heavy atom. The number of likely N-dealkylation sites (tertiary alicyclic amines) is 2. The Balaban J connectivity index is 1.18. The minimum Gasteiger partial charge on any atom is -0.338 e. The molecule has 0 bridgehead atoms. The summed E-state index contributed by atoms with van der Waals surface area (Å²) < 4.78 is 13.4. The summed E-state index contributed by atoms with van der Waals surface area (Å²) in [5.41, 5.74) is 3.36. The van der Waals surface area contributed by atoms with Gasteiger partial charge in [-0.05, 0) is 77.9 Å². The molecule has 188 valence electrons. The molecule has 2 fully saturated rings. The van der Waals surface area contributed by atoms with Gasteiger partial charge in [0.2, 0.25) is 0 Å². The summed E-state index contributed by atoms with van der Waals surface area (Å²) in [6.45, 7) is 4.60. The Labute approximate surface area is 218 Å². The molecule has 6 rings (SSSR count). The van der Waals surface area contributed by atoms with Crippen molar-refractivity contribution in [2.45, 2.75) is 24.7 Å². The fourth-order valence-corrected chi connectivity index (χ4v) is 6.40. The summed E-state index contributed by atoms with van der Waals surface area (Å²) in [5, 5.41) is 2.13. The first kappa shape index (κ1) is 23.9. The molecule has 0 spiro atoms. The van der Waals surface area contributed by atoms with Gasteiger partial charge in [0.05, 0.1) is 0 Å². The number of amides is 1. The third-order valence-electron chi connectivity index (χ3n) is 8.40. The van der Waals surface area contributed by atoms with E-state index in [-0.39, 0.29) is 11.7 Å². The van der Waals surface area contributed by atoms with Crippen LogP contribution in [0.5, 0.6) is 0 Å². The minimum absolute atomic E-state index is 0.134. The summed E-state index contributed by atoms with van der Waals surface area (Å²) >= 11 is 0. The van der Waals surface area contributed by atoms with Crippen LogP contribution in [0.2, 0.25) is 0 Å². The van der Waals surface area contributed by atoms with Gasteiger partial charge >= 0.3 is 0 Å². The third kappa shape index (κ3) is 5.03. The van der Waals surface area contributed by atoms with E-state index in [2.05, 4.69) is 58.3 Å². The Bertz CT molecular complexity index is 1360. The van der Waals surface area contributed by atoms with Gasteiger partial charge in [-0.15, -0.1) is 0 Å². The van der Waals surface area contributed by atoms with Gasteiger partial charge in [0.15, 0.2) is 0 Å². The van der Waals surface area contributed by atoms with Gasteiger partial charge in [-0.2, -0.15) is 0 Å². The molecule has 2 aliphatic heterocycles. The van der Waals surface area contributed by atoms with Crippen LogP contribution in [0, 0.1) is 11.7 Å². The van der Waals surface area contributed by atoms with Gasteiger partial charge in [-0.25, -0.2) is 4.39 Å². The highest BCUT2D eigenvalue weighted by molar-refractivity contribution is 6.07. The van der Waals surface area contributed by atoms with Gasteiger partial charge in [0.25, 0.3) is 5.91 Å². The molecule has 0 saturated carbocycles. The largest absolute Gasteiger partial charge is 0.338 e. The van der Waals surface area contributed by atoms with Crippen molar-refractivity contribution < 1.29 is 9.18 Å². The van der Waals surface area contributed by atoms with Crippen LogP contribution in [-0.2, 0) is 0 Å². The monoisotopic (exact) mass is 492 g/mol. The Kier molecular flexibility index (Phi) is 6.75. The lowest BCUT2D eigenvalue weighted by Crippen LogP contribution is -2.38. The number of hydrogen-bond acceptors (Lipinski definition) is 2. The number of carbonyl (C=O) groups is 1. The van der Waals surface area contributed by atoms with E-state index in [1.165, 1.54) is 11.1 Å². The maximum Gasteiger partial charge on any atom is 0.254 e. The van der Waals surface area contributed by atoms with Crippen LogP contribution in [0.4, 0.5) is 4.39 Å². The molecular weight excluding hydrogens is 459 g/mol. The molecule has 2 atom stereocenters. The fraction of sp³-hybridized carbons (Fsp3) is 0.303. The van der Waals surface area contributed by atoms with Crippen LogP contribution in [0.3, 0.4) is 0 Å². The predicted octanol–water partition coefficient (Wildman–Crippen LogP) is 6.71. The summed E-state index contributed by atoms with van der Waals surface area (Å²) in [6.07, 6.45) is 2.18. The van der Waals surface area contributed by atoms with E-state index < -0.39 is 0 Å². The SMILES string of the molecule is O=C(c1cccc2ccccc12)N1C[C@@H](CN2CCC(c3ccc(F)cc3)CC2)[C@H](c2ccccc2)C1. The van der Waals surface area contributed by atoms with E-state index in [9.17, 15) is 9.18 Å². The van der Waals surface area contributed by atoms with Crippen molar-refractivity contribution in [1.29, 1.82) is 0 Å². The number of rotatable bonds is 5. The molecule has 2 saturated heterocycles. The minimum atomic E-state index is -0.169. The molecule has 4 heteroatoms. The zero-order chi connectivity index (χ0) is 25.2. The van der Waals surface area contributed by atoms with Gasteiger partial charge in [-0.1, -0.05) is 78.9 Å². The molecule has 2 aliphatic rings. The lowest BCUT2D eigenvalue weighted by molar-refractivity contribution is 0.0783. The molecule has 4 aromatic rings. The van der Waals surface area contributed by atoms with Gasteiger partial charge < -0.3 is 9.80 Å². The van der Waals surface area contributed by atoms with Gasteiger partial charge in [0, 0.05) is 31.1 Å². The second-order valence-electron chi connectivity index (χ2n) is 10.6. The van der Waals surface area contributed by atoms with Crippen LogP contribution < -0.4 is 0 Å². The number of hydrogen-bond donors (Lipinski definition) is 0. The maximum absolute atomic E-state index is 13.8. The van der Waals surface area contributed by atoms with Crippen molar-refractivity contribution in [2.24, 2.45) is 5.92 Å². The fourth-order valence-electron chi connectivity index (χ4n) is 6.40. The van der Waals surface area contributed by atoms with Crippen molar-refractivity contribution in [1.82, 2.24) is 9.80 Å². The molecule has 37 heavy (non-hydrogen) atoms. The normalized spacial score (nSPS) is 20.9. The highest BCUT2D eigenvalue weighted by Gasteiger charge is 2.38. The van der Waals surface area contributed by atoms with E-state index >= 15 is 0 Å². The smallest absolute Gasteiger partial charge is 0.254 e. The third-order valence-corrected chi connectivity index (χ3v) is 8.40. The first-order valence-corrected chi connectivity index (χ1v) is 13.5. The summed E-state index contributed by atoms with van der Waals surface area (Å²) in [4.78, 5) is 18.4. The number of piperidine rings is 1. The Hall–Kier alpha value is -3.50. The van der Waals surface area contributed by atoms with Crippen LogP contribution in [-0.4, -0.2) is 48.4 Å². The Morgan fingerprint density at radius 2 is 1.46 bits per heavy atom. The van der Waals surface area contributed by atoms with Gasteiger partial charge in [-0.3, -0.25) is 4.79 Å². The molecule has 4 aromatic carbocycles. The van der Waals surface area contributed by atoms with E-state index in [0.29, 0.717) is 17.8 Å². The molecule has 1 amide bonds. The van der Waals surface area contributed by atoms with E-state index in [1.54, 1.807) is 12.1 Å². The van der Waals surface area contributed by atoms with Crippen LogP contribution >= 0.6 is 0 Å². The second kappa shape index (κ2) is 10.5. The summed E-state index contributed by atoms with van der Waals surface area (Å²) in [5.74, 6) is 1.18. The molecule has 2 heterocycles. The first-order chi connectivity index (χ1) is 18.2. The molecule has 0 radical (unpaired) electrons. The van der Waals surface area contributed by atoms with Crippen molar-refractivity contribution in [3.63, 3.8) is 0 Å². The average Bonchev–Trinajstić information content (AvgIpc) is 3.37. The first-order valence-electron chi connectivity index (χ1n) is 13.5. The van der Waals surface area contributed by atoms with Crippen molar-refractivity contribution in [2.75, 3.05) is 32.7 Å². The predicted molar refractivity (Wildman–Crippen MR) is 147 cm³/mol. The number of carbonyl (C=O) groups excluding carboxylic acids is 1. The maximum atomic E-state index is 13.8. The zero-order valence-electron chi connectivity index (χ0n) is 21.1. The summed E-state index contributed by atoms with van der Waals surface area (Å²) in [6, 6.07) is 31.9. The Morgan fingerprint density at radius 3 is 2.24 bits per heavy atom. The highest BCUT2D eigenvalue weighted by atomic mass is 19.1. The average molecular weight is 493 g/mol. The number of benzene rings is 4. The van der Waals surface area contributed by atoms with Crippen LogP contribution in [0.25, 0.3) is 10.8 Å². The molecule has 0 unspecified atom stereocenters. The van der Waals surface area contributed by atoms with Gasteiger partial charge in [0.1, 0.15) is 5.82 Å². The molecule has 0 aliphatic carbocycles. The summed E-state index contributed by atoms with van der Waals surface area (Å²) in [7, 11) is 0.